The summed E-state index contributed by atoms with van der Waals surface area (Å²) in [5, 5.41) is 3.41. The molecule has 0 unspecified atom stereocenters. The number of halogens is 1. The first-order chi connectivity index (χ1) is 12.2. The molecular formula is C19H24ClN3O3. The molecule has 0 fully saturated rings. The number of nitrogens with one attached hydrogen (secondary N) is 1. The Kier molecular flexibility index (Phi) is 6.58. The van der Waals surface area contributed by atoms with Crippen molar-refractivity contribution in [1.82, 2.24) is 9.55 Å². The molecule has 3 rings (SSSR count). The maximum absolute atomic E-state index is 5.41. The van der Waals surface area contributed by atoms with Gasteiger partial charge in [0.15, 0.2) is 11.5 Å². The Bertz CT molecular complexity index is 855. The van der Waals surface area contributed by atoms with E-state index in [0.717, 1.165) is 29.1 Å². The molecule has 0 atom stereocenters. The lowest BCUT2D eigenvalue weighted by atomic mass is 10.2. The quantitative estimate of drug-likeness (QED) is 0.671. The number of rotatable bonds is 7. The van der Waals surface area contributed by atoms with Crippen molar-refractivity contribution < 1.29 is 14.2 Å². The zero-order valence-electron chi connectivity index (χ0n) is 15.4. The van der Waals surface area contributed by atoms with Crippen molar-refractivity contribution in [1.29, 1.82) is 0 Å². The zero-order chi connectivity index (χ0) is 17.8. The standard InChI is InChI=1S/C19H23N3O3.ClH/c1-5-22-15-9-7-6-8-14(15)21-19(22)20-12-13-10-16(23-2)18(25-4)17(11-13)24-3;/h6-11H,5,12H2,1-4H3,(H,20,21);1H. The van der Waals surface area contributed by atoms with Crippen molar-refractivity contribution in [3.8, 4) is 17.2 Å². The molecule has 140 valence electrons. The van der Waals surface area contributed by atoms with Gasteiger partial charge in [0.1, 0.15) is 0 Å². The highest BCUT2D eigenvalue weighted by atomic mass is 35.5. The summed E-state index contributed by atoms with van der Waals surface area (Å²) < 4.78 is 18.3. The number of aryl methyl sites for hydroxylation is 1. The number of aromatic nitrogens is 2. The van der Waals surface area contributed by atoms with Crippen LogP contribution in [0, 0.1) is 0 Å². The van der Waals surface area contributed by atoms with Gasteiger partial charge in [0.05, 0.1) is 32.4 Å². The van der Waals surface area contributed by atoms with Gasteiger partial charge in [-0.3, -0.25) is 0 Å². The van der Waals surface area contributed by atoms with E-state index in [1.807, 2.05) is 30.3 Å². The average Bonchev–Trinajstić information content (AvgIpc) is 3.02. The molecule has 3 aromatic rings. The minimum atomic E-state index is 0. The highest BCUT2D eigenvalue weighted by Crippen LogP contribution is 2.38. The summed E-state index contributed by atoms with van der Waals surface area (Å²) in [6.45, 7) is 3.55. The van der Waals surface area contributed by atoms with E-state index in [9.17, 15) is 0 Å². The summed E-state index contributed by atoms with van der Waals surface area (Å²) in [5.74, 6) is 2.72. The van der Waals surface area contributed by atoms with Gasteiger partial charge in [-0.05, 0) is 36.8 Å². The Morgan fingerprint density at radius 2 is 1.65 bits per heavy atom. The number of methoxy groups -OCH3 is 3. The van der Waals surface area contributed by atoms with Crippen LogP contribution >= 0.6 is 12.4 Å². The van der Waals surface area contributed by atoms with Gasteiger partial charge in [-0.25, -0.2) is 4.98 Å². The number of fused-ring (bicyclic) bond motifs is 1. The molecule has 0 radical (unpaired) electrons. The fourth-order valence-electron chi connectivity index (χ4n) is 2.95. The second kappa shape index (κ2) is 8.67. The Morgan fingerprint density at radius 3 is 2.23 bits per heavy atom. The predicted octanol–water partition coefficient (Wildman–Crippen LogP) is 4.12. The molecule has 0 saturated carbocycles. The molecule has 1 N–H and O–H groups in total. The van der Waals surface area contributed by atoms with Gasteiger partial charge in [-0.1, -0.05) is 12.1 Å². The second-order valence-corrected chi connectivity index (χ2v) is 5.56. The van der Waals surface area contributed by atoms with Crippen molar-refractivity contribution in [2.45, 2.75) is 20.0 Å². The number of anilines is 1. The van der Waals surface area contributed by atoms with Gasteiger partial charge >= 0.3 is 0 Å². The van der Waals surface area contributed by atoms with Crippen molar-refractivity contribution >= 4 is 29.4 Å². The van der Waals surface area contributed by atoms with Crippen LogP contribution < -0.4 is 19.5 Å². The Labute approximate surface area is 159 Å². The van der Waals surface area contributed by atoms with Gasteiger partial charge in [0, 0.05) is 13.1 Å². The summed E-state index contributed by atoms with van der Waals surface area (Å²) in [4.78, 5) is 4.68. The summed E-state index contributed by atoms with van der Waals surface area (Å²) in [7, 11) is 4.83. The van der Waals surface area contributed by atoms with E-state index in [-0.39, 0.29) is 12.4 Å². The van der Waals surface area contributed by atoms with E-state index < -0.39 is 0 Å². The molecule has 0 saturated heterocycles. The molecule has 7 heteroatoms. The third-order valence-corrected chi connectivity index (χ3v) is 4.15. The molecule has 0 aliphatic carbocycles. The number of ether oxygens (including phenoxy) is 3. The fourth-order valence-corrected chi connectivity index (χ4v) is 2.95. The summed E-state index contributed by atoms with van der Waals surface area (Å²) in [6.07, 6.45) is 0. The van der Waals surface area contributed by atoms with E-state index in [2.05, 4.69) is 27.9 Å². The number of nitrogens with zero attached hydrogens (tertiary/aromatic N) is 2. The van der Waals surface area contributed by atoms with Crippen LogP contribution in [0.1, 0.15) is 12.5 Å². The van der Waals surface area contributed by atoms with Crippen molar-refractivity contribution in [3.05, 3.63) is 42.0 Å². The molecule has 1 aromatic heterocycles. The average molecular weight is 378 g/mol. The van der Waals surface area contributed by atoms with Crippen LogP contribution in [0.15, 0.2) is 36.4 Å². The number of benzene rings is 2. The maximum Gasteiger partial charge on any atom is 0.204 e. The highest BCUT2D eigenvalue weighted by molar-refractivity contribution is 5.85. The van der Waals surface area contributed by atoms with E-state index in [1.165, 1.54) is 0 Å². The van der Waals surface area contributed by atoms with Crippen molar-refractivity contribution in [3.63, 3.8) is 0 Å². The monoisotopic (exact) mass is 377 g/mol. The zero-order valence-corrected chi connectivity index (χ0v) is 16.2. The first kappa shape index (κ1) is 19.7. The second-order valence-electron chi connectivity index (χ2n) is 5.56. The van der Waals surface area contributed by atoms with Gasteiger partial charge in [0.25, 0.3) is 0 Å². The third kappa shape index (κ3) is 3.65. The highest BCUT2D eigenvalue weighted by Gasteiger charge is 2.14. The largest absolute Gasteiger partial charge is 0.493 e. The van der Waals surface area contributed by atoms with Crippen LogP contribution in [0.4, 0.5) is 5.95 Å². The fraction of sp³-hybridized carbons (Fsp3) is 0.316. The van der Waals surface area contributed by atoms with Crippen LogP contribution in [0.5, 0.6) is 17.2 Å². The van der Waals surface area contributed by atoms with E-state index in [4.69, 9.17) is 14.2 Å². The molecule has 0 aliphatic rings. The van der Waals surface area contributed by atoms with Crippen LogP contribution in [0.25, 0.3) is 11.0 Å². The Hall–Kier alpha value is -2.60. The molecule has 1 heterocycles. The van der Waals surface area contributed by atoms with Crippen LogP contribution in [0.3, 0.4) is 0 Å². The number of hydrogen-bond donors (Lipinski definition) is 1. The van der Waals surface area contributed by atoms with Crippen LogP contribution in [-0.2, 0) is 13.1 Å². The summed E-state index contributed by atoms with van der Waals surface area (Å²) in [6, 6.07) is 12.0. The van der Waals surface area contributed by atoms with Gasteiger partial charge in [-0.15, -0.1) is 12.4 Å². The van der Waals surface area contributed by atoms with Crippen molar-refractivity contribution in [2.24, 2.45) is 0 Å². The minimum absolute atomic E-state index is 0. The van der Waals surface area contributed by atoms with Crippen molar-refractivity contribution in [2.75, 3.05) is 26.6 Å². The van der Waals surface area contributed by atoms with E-state index >= 15 is 0 Å². The topological polar surface area (TPSA) is 57.5 Å². The van der Waals surface area contributed by atoms with Gasteiger partial charge in [-0.2, -0.15) is 0 Å². The third-order valence-electron chi connectivity index (χ3n) is 4.15. The molecule has 0 spiro atoms. The van der Waals surface area contributed by atoms with Gasteiger partial charge in [0.2, 0.25) is 11.7 Å². The number of para-hydroxylation sites is 2. The van der Waals surface area contributed by atoms with Crippen LogP contribution in [0.2, 0.25) is 0 Å². The normalized spacial score (nSPS) is 10.3. The van der Waals surface area contributed by atoms with Crippen LogP contribution in [-0.4, -0.2) is 30.9 Å². The smallest absolute Gasteiger partial charge is 0.204 e. The number of hydrogen-bond acceptors (Lipinski definition) is 5. The lowest BCUT2D eigenvalue weighted by molar-refractivity contribution is 0.324. The van der Waals surface area contributed by atoms with E-state index in [0.29, 0.717) is 23.8 Å². The lowest BCUT2D eigenvalue weighted by Gasteiger charge is -2.15. The Morgan fingerprint density at radius 1 is 1.00 bits per heavy atom. The molecule has 0 aliphatic heterocycles. The maximum atomic E-state index is 5.41. The molecule has 0 bridgehead atoms. The molecule has 0 amide bonds. The van der Waals surface area contributed by atoms with Gasteiger partial charge < -0.3 is 24.1 Å². The Balaban J connectivity index is 0.00000243. The summed E-state index contributed by atoms with van der Waals surface area (Å²) in [5.41, 5.74) is 3.12. The van der Waals surface area contributed by atoms with E-state index in [1.54, 1.807) is 21.3 Å². The first-order valence-corrected chi connectivity index (χ1v) is 8.19. The molecular weight excluding hydrogens is 354 g/mol. The first-order valence-electron chi connectivity index (χ1n) is 8.19. The molecule has 26 heavy (non-hydrogen) atoms. The SMILES string of the molecule is CCn1c(NCc2cc(OC)c(OC)c(OC)c2)nc2ccccc21.Cl. The number of imidazole rings is 1. The molecule has 2 aromatic carbocycles. The summed E-state index contributed by atoms with van der Waals surface area (Å²) >= 11 is 0. The lowest BCUT2D eigenvalue weighted by Crippen LogP contribution is -2.07. The minimum Gasteiger partial charge on any atom is -0.493 e. The molecule has 6 nitrogen and oxygen atoms in total. The predicted molar refractivity (Wildman–Crippen MR) is 106 cm³/mol.